The molecule has 0 aromatic heterocycles. The van der Waals surface area contributed by atoms with Crippen LogP contribution < -0.4 is 4.74 Å². The molecule has 2 rings (SSSR count). The number of alkyl halides is 3. The largest absolute Gasteiger partial charge is 0.484 e. The summed E-state index contributed by atoms with van der Waals surface area (Å²) in [5, 5.41) is 10.8. The highest BCUT2D eigenvalue weighted by atomic mass is 19.4. The van der Waals surface area contributed by atoms with E-state index >= 15 is 0 Å². The first-order valence-electron chi connectivity index (χ1n) is 5.98. The lowest BCUT2D eigenvalue weighted by Crippen LogP contribution is -2.17. The zero-order valence-electron chi connectivity index (χ0n) is 10.4. The molecule has 1 fully saturated rings. The lowest BCUT2D eigenvalue weighted by Gasteiger charge is -2.13. The van der Waals surface area contributed by atoms with E-state index in [1.165, 1.54) is 0 Å². The molecule has 1 atom stereocenters. The molecule has 0 saturated carbocycles. The molecular weight excluding hydrogens is 279 g/mol. The quantitative estimate of drug-likeness (QED) is 0.631. The molecule has 1 aromatic carbocycles. The lowest BCUT2D eigenvalue weighted by molar-refractivity contribution is -0.386. The monoisotopic (exact) mass is 291 g/mol. The van der Waals surface area contributed by atoms with Crippen molar-refractivity contribution in [1.29, 1.82) is 0 Å². The predicted molar refractivity (Wildman–Crippen MR) is 62.6 cm³/mol. The Morgan fingerprint density at radius 1 is 1.45 bits per heavy atom. The van der Waals surface area contributed by atoms with Crippen LogP contribution in [0.25, 0.3) is 0 Å². The van der Waals surface area contributed by atoms with Crippen molar-refractivity contribution in [2.75, 3.05) is 13.2 Å². The average Bonchev–Trinajstić information content (AvgIpc) is 2.88. The standard InChI is InChI=1S/C12H12F3NO4/c13-12(14,15)8-3-4-11(10(6-8)16(17)18)20-7-9-2-1-5-19-9/h3-4,6,9H,1-2,5,7H2. The first-order valence-corrected chi connectivity index (χ1v) is 5.98. The highest BCUT2D eigenvalue weighted by molar-refractivity contribution is 5.49. The number of ether oxygens (including phenoxy) is 2. The van der Waals surface area contributed by atoms with Gasteiger partial charge in [0.15, 0.2) is 5.75 Å². The van der Waals surface area contributed by atoms with Gasteiger partial charge in [-0.05, 0) is 25.0 Å². The molecule has 0 bridgehead atoms. The minimum absolute atomic E-state index is 0.0895. The minimum Gasteiger partial charge on any atom is -0.484 e. The van der Waals surface area contributed by atoms with Crippen molar-refractivity contribution in [1.82, 2.24) is 0 Å². The van der Waals surface area contributed by atoms with E-state index in [1.54, 1.807) is 0 Å². The van der Waals surface area contributed by atoms with Gasteiger partial charge in [0.25, 0.3) is 0 Å². The van der Waals surface area contributed by atoms with Crippen LogP contribution in [0.5, 0.6) is 5.75 Å². The molecule has 1 aromatic rings. The fourth-order valence-electron chi connectivity index (χ4n) is 1.92. The Labute approximate surface area is 112 Å². The molecule has 0 N–H and O–H groups in total. The van der Waals surface area contributed by atoms with Gasteiger partial charge >= 0.3 is 11.9 Å². The molecule has 8 heteroatoms. The van der Waals surface area contributed by atoms with Gasteiger partial charge in [-0.15, -0.1) is 0 Å². The minimum atomic E-state index is -4.63. The second-order valence-electron chi connectivity index (χ2n) is 4.38. The first-order chi connectivity index (χ1) is 9.38. The smallest absolute Gasteiger partial charge is 0.416 e. The van der Waals surface area contributed by atoms with Gasteiger partial charge in [0.05, 0.1) is 16.6 Å². The van der Waals surface area contributed by atoms with Crippen LogP contribution in [0.1, 0.15) is 18.4 Å². The maximum atomic E-state index is 12.5. The number of nitro benzene ring substituents is 1. The molecule has 1 heterocycles. The van der Waals surface area contributed by atoms with E-state index in [-0.39, 0.29) is 18.5 Å². The van der Waals surface area contributed by atoms with E-state index in [0.717, 1.165) is 25.0 Å². The van der Waals surface area contributed by atoms with Gasteiger partial charge in [-0.2, -0.15) is 13.2 Å². The SMILES string of the molecule is O=[N+]([O-])c1cc(C(F)(F)F)ccc1OCC1CCCO1. The first kappa shape index (κ1) is 14.6. The van der Waals surface area contributed by atoms with E-state index in [4.69, 9.17) is 9.47 Å². The molecule has 110 valence electrons. The van der Waals surface area contributed by atoms with Crippen molar-refractivity contribution in [3.8, 4) is 5.75 Å². The van der Waals surface area contributed by atoms with Gasteiger partial charge in [0.2, 0.25) is 0 Å². The van der Waals surface area contributed by atoms with Crippen molar-refractivity contribution in [2.45, 2.75) is 25.1 Å². The summed E-state index contributed by atoms with van der Waals surface area (Å²) in [5.41, 5.74) is -1.77. The summed E-state index contributed by atoms with van der Waals surface area (Å²) in [4.78, 5) is 9.94. The topological polar surface area (TPSA) is 61.6 Å². The summed E-state index contributed by atoms with van der Waals surface area (Å²) in [6, 6.07) is 2.21. The summed E-state index contributed by atoms with van der Waals surface area (Å²) < 4.78 is 48.0. The second-order valence-corrected chi connectivity index (χ2v) is 4.38. The number of benzene rings is 1. The van der Waals surface area contributed by atoms with Gasteiger partial charge in [-0.25, -0.2) is 0 Å². The Morgan fingerprint density at radius 2 is 2.20 bits per heavy atom. The van der Waals surface area contributed by atoms with Gasteiger partial charge < -0.3 is 9.47 Å². The number of rotatable bonds is 4. The Bertz CT molecular complexity index is 498. The van der Waals surface area contributed by atoms with E-state index < -0.39 is 22.4 Å². The highest BCUT2D eigenvalue weighted by Gasteiger charge is 2.33. The Kier molecular flexibility index (Phi) is 4.12. The van der Waals surface area contributed by atoms with Crippen molar-refractivity contribution in [2.24, 2.45) is 0 Å². The molecule has 0 aliphatic carbocycles. The van der Waals surface area contributed by atoms with Crippen LogP contribution in [0.2, 0.25) is 0 Å². The Morgan fingerprint density at radius 3 is 2.75 bits per heavy atom. The summed E-state index contributed by atoms with van der Waals surface area (Å²) in [7, 11) is 0. The maximum Gasteiger partial charge on any atom is 0.416 e. The lowest BCUT2D eigenvalue weighted by atomic mass is 10.2. The van der Waals surface area contributed by atoms with Crippen LogP contribution in [-0.4, -0.2) is 24.2 Å². The van der Waals surface area contributed by atoms with E-state index in [9.17, 15) is 23.3 Å². The fraction of sp³-hybridized carbons (Fsp3) is 0.500. The second kappa shape index (κ2) is 5.66. The van der Waals surface area contributed by atoms with Gasteiger partial charge in [-0.1, -0.05) is 0 Å². The Hall–Kier alpha value is -1.83. The van der Waals surface area contributed by atoms with Gasteiger partial charge in [0.1, 0.15) is 6.61 Å². The predicted octanol–water partition coefficient (Wildman–Crippen LogP) is 3.17. The molecule has 1 unspecified atom stereocenters. The highest BCUT2D eigenvalue weighted by Crippen LogP contribution is 2.36. The molecule has 5 nitrogen and oxygen atoms in total. The Balaban J connectivity index is 2.17. The van der Waals surface area contributed by atoms with Crippen molar-refractivity contribution >= 4 is 5.69 Å². The third-order valence-corrected chi connectivity index (χ3v) is 2.93. The van der Waals surface area contributed by atoms with Gasteiger partial charge in [0, 0.05) is 12.7 Å². The average molecular weight is 291 g/mol. The third kappa shape index (κ3) is 3.38. The number of halogens is 3. The van der Waals surface area contributed by atoms with E-state index in [1.807, 2.05) is 0 Å². The third-order valence-electron chi connectivity index (χ3n) is 2.93. The van der Waals surface area contributed by atoms with Crippen LogP contribution in [-0.2, 0) is 10.9 Å². The molecule has 1 aliphatic heterocycles. The van der Waals surface area contributed by atoms with Crippen LogP contribution >= 0.6 is 0 Å². The van der Waals surface area contributed by atoms with Crippen LogP contribution in [0.15, 0.2) is 18.2 Å². The summed E-state index contributed by atoms with van der Waals surface area (Å²) in [5.74, 6) is -0.182. The summed E-state index contributed by atoms with van der Waals surface area (Å²) in [6.45, 7) is 0.690. The summed E-state index contributed by atoms with van der Waals surface area (Å²) in [6.07, 6.45) is -3.15. The number of hydrogen-bond donors (Lipinski definition) is 0. The van der Waals surface area contributed by atoms with Crippen LogP contribution in [0.4, 0.5) is 18.9 Å². The van der Waals surface area contributed by atoms with E-state index in [2.05, 4.69) is 0 Å². The normalized spacial score (nSPS) is 19.1. The molecule has 0 spiro atoms. The number of nitro groups is 1. The van der Waals surface area contributed by atoms with E-state index in [0.29, 0.717) is 12.7 Å². The molecule has 20 heavy (non-hydrogen) atoms. The van der Waals surface area contributed by atoms with Crippen LogP contribution in [0.3, 0.4) is 0 Å². The molecular formula is C12H12F3NO4. The fourth-order valence-corrected chi connectivity index (χ4v) is 1.92. The van der Waals surface area contributed by atoms with Crippen molar-refractivity contribution in [3.63, 3.8) is 0 Å². The van der Waals surface area contributed by atoms with Crippen LogP contribution in [0, 0.1) is 10.1 Å². The molecule has 0 radical (unpaired) electrons. The maximum absolute atomic E-state index is 12.5. The molecule has 0 amide bonds. The number of hydrogen-bond acceptors (Lipinski definition) is 4. The number of nitrogens with zero attached hydrogens (tertiary/aromatic N) is 1. The van der Waals surface area contributed by atoms with Crippen molar-refractivity contribution in [3.05, 3.63) is 33.9 Å². The zero-order valence-corrected chi connectivity index (χ0v) is 10.4. The molecule has 1 saturated heterocycles. The molecule has 1 aliphatic rings. The van der Waals surface area contributed by atoms with Gasteiger partial charge in [-0.3, -0.25) is 10.1 Å². The van der Waals surface area contributed by atoms with Crippen molar-refractivity contribution < 1.29 is 27.6 Å². The summed E-state index contributed by atoms with van der Waals surface area (Å²) >= 11 is 0. The zero-order chi connectivity index (χ0) is 14.8.